The number of halogens is 1. The van der Waals surface area contributed by atoms with Crippen LogP contribution in [0.5, 0.6) is 0 Å². The Bertz CT molecular complexity index is 550. The molecular weight excluding hydrogens is 250 g/mol. The van der Waals surface area contributed by atoms with Crippen LogP contribution in [0.25, 0.3) is 0 Å². The molecule has 2 atom stereocenters. The van der Waals surface area contributed by atoms with E-state index in [4.69, 9.17) is 11.6 Å². The summed E-state index contributed by atoms with van der Waals surface area (Å²) < 4.78 is 0. The summed E-state index contributed by atoms with van der Waals surface area (Å²) in [6.07, 6.45) is 4.15. The number of hydrogen-bond acceptors (Lipinski definition) is 2. The van der Waals surface area contributed by atoms with Gasteiger partial charge in [0.2, 0.25) is 5.91 Å². The van der Waals surface area contributed by atoms with Gasteiger partial charge in [-0.1, -0.05) is 23.7 Å². The molecule has 0 radical (unpaired) electrons. The number of carbonyl (C=O) groups excluding carboxylic acids is 1. The largest absolute Gasteiger partial charge is 0.323 e. The van der Waals surface area contributed by atoms with E-state index in [-0.39, 0.29) is 11.8 Å². The van der Waals surface area contributed by atoms with Crippen LogP contribution in [0.1, 0.15) is 17.9 Å². The third-order valence-corrected chi connectivity index (χ3v) is 3.44. The Balaban J connectivity index is 1.63. The van der Waals surface area contributed by atoms with E-state index < -0.39 is 0 Å². The molecule has 3 rings (SSSR count). The summed E-state index contributed by atoms with van der Waals surface area (Å²) in [5.41, 5.74) is 1.88. The van der Waals surface area contributed by atoms with Crippen molar-refractivity contribution in [2.24, 2.45) is 5.92 Å². The minimum absolute atomic E-state index is 0.0522. The minimum atomic E-state index is 0.0522. The summed E-state index contributed by atoms with van der Waals surface area (Å²) in [5.74, 6) is 0.423. The lowest BCUT2D eigenvalue weighted by molar-refractivity contribution is -0.117. The van der Waals surface area contributed by atoms with E-state index >= 15 is 0 Å². The Morgan fingerprint density at radius 2 is 2.17 bits per heavy atom. The maximum absolute atomic E-state index is 11.9. The van der Waals surface area contributed by atoms with E-state index in [9.17, 15) is 4.79 Å². The molecule has 1 heterocycles. The van der Waals surface area contributed by atoms with Crippen molar-refractivity contribution in [3.05, 3.63) is 47.2 Å². The lowest BCUT2D eigenvalue weighted by Gasteiger charge is -2.02. The summed E-state index contributed by atoms with van der Waals surface area (Å²) in [5, 5.41) is 10.0. The summed E-state index contributed by atoms with van der Waals surface area (Å²) >= 11 is 5.84. The molecule has 0 unspecified atom stereocenters. The van der Waals surface area contributed by atoms with E-state index in [2.05, 4.69) is 15.5 Å². The second-order valence-electron chi connectivity index (χ2n) is 4.48. The predicted molar refractivity (Wildman–Crippen MR) is 69.5 cm³/mol. The van der Waals surface area contributed by atoms with Crippen molar-refractivity contribution in [1.29, 1.82) is 0 Å². The highest BCUT2D eigenvalue weighted by molar-refractivity contribution is 6.30. The highest BCUT2D eigenvalue weighted by Gasteiger charge is 2.43. The molecule has 2 N–H and O–H groups in total. The molecule has 1 aromatic heterocycles. The number of hydrogen-bond donors (Lipinski definition) is 2. The number of amides is 1. The van der Waals surface area contributed by atoms with Crippen LogP contribution in [0.3, 0.4) is 0 Å². The van der Waals surface area contributed by atoms with Gasteiger partial charge in [0.15, 0.2) is 0 Å². The first kappa shape index (κ1) is 11.3. The second kappa shape index (κ2) is 4.46. The van der Waals surface area contributed by atoms with Crippen molar-refractivity contribution in [3.63, 3.8) is 0 Å². The number of benzene rings is 1. The van der Waals surface area contributed by atoms with Crippen LogP contribution in [-0.4, -0.2) is 16.1 Å². The first-order valence-electron chi connectivity index (χ1n) is 5.79. The van der Waals surface area contributed by atoms with Crippen molar-refractivity contribution in [2.75, 3.05) is 5.32 Å². The van der Waals surface area contributed by atoms with Gasteiger partial charge in [-0.05, 0) is 30.0 Å². The molecule has 4 nitrogen and oxygen atoms in total. The summed E-state index contributed by atoms with van der Waals surface area (Å²) in [6.45, 7) is 0. The molecule has 1 amide bonds. The zero-order chi connectivity index (χ0) is 12.5. The van der Waals surface area contributed by atoms with Crippen LogP contribution < -0.4 is 5.32 Å². The van der Waals surface area contributed by atoms with Gasteiger partial charge >= 0.3 is 0 Å². The van der Waals surface area contributed by atoms with Crippen LogP contribution in [0.2, 0.25) is 5.02 Å². The van der Waals surface area contributed by atoms with Gasteiger partial charge in [-0.15, -0.1) is 0 Å². The monoisotopic (exact) mass is 261 g/mol. The van der Waals surface area contributed by atoms with Gasteiger partial charge in [-0.25, -0.2) is 0 Å². The number of rotatable bonds is 3. The Morgan fingerprint density at radius 1 is 1.39 bits per heavy atom. The predicted octanol–water partition coefficient (Wildman–Crippen LogP) is 2.81. The van der Waals surface area contributed by atoms with Gasteiger partial charge in [-0.2, -0.15) is 5.10 Å². The first-order chi connectivity index (χ1) is 8.74. The van der Waals surface area contributed by atoms with Crippen LogP contribution >= 0.6 is 11.6 Å². The van der Waals surface area contributed by atoms with E-state index in [1.165, 1.54) is 5.56 Å². The number of carbonyl (C=O) groups is 1. The normalized spacial score (nSPS) is 21.6. The third kappa shape index (κ3) is 2.24. The van der Waals surface area contributed by atoms with E-state index in [0.717, 1.165) is 11.4 Å². The highest BCUT2D eigenvalue weighted by Crippen LogP contribution is 2.48. The molecule has 92 valence electrons. The molecular formula is C13H12ClN3O. The van der Waals surface area contributed by atoms with Crippen molar-refractivity contribution in [3.8, 4) is 0 Å². The highest BCUT2D eigenvalue weighted by atomic mass is 35.5. The first-order valence-corrected chi connectivity index (χ1v) is 6.17. The number of anilines is 1. The Morgan fingerprint density at radius 3 is 2.83 bits per heavy atom. The maximum atomic E-state index is 11.9. The SMILES string of the molecule is O=C(Nc1cn[nH]c1)[C@@H]1C[C@H]1c1ccc(Cl)cc1. The lowest BCUT2D eigenvalue weighted by atomic mass is 10.1. The fraction of sp³-hybridized carbons (Fsp3) is 0.231. The number of nitrogens with zero attached hydrogens (tertiary/aromatic N) is 1. The zero-order valence-corrected chi connectivity index (χ0v) is 10.3. The van der Waals surface area contributed by atoms with Crippen LogP contribution in [0.15, 0.2) is 36.7 Å². The molecule has 0 aliphatic heterocycles. The summed E-state index contributed by atoms with van der Waals surface area (Å²) in [7, 11) is 0. The molecule has 1 aliphatic carbocycles. The molecule has 1 aromatic carbocycles. The van der Waals surface area contributed by atoms with Gasteiger partial charge < -0.3 is 5.32 Å². The Kier molecular flexibility index (Phi) is 2.80. The number of H-pyrrole nitrogens is 1. The maximum Gasteiger partial charge on any atom is 0.228 e. The smallest absolute Gasteiger partial charge is 0.228 e. The zero-order valence-electron chi connectivity index (χ0n) is 9.56. The van der Waals surface area contributed by atoms with Crippen LogP contribution in [-0.2, 0) is 4.79 Å². The molecule has 1 fully saturated rings. The average molecular weight is 262 g/mol. The standard InChI is InChI=1S/C13H12ClN3O/c14-9-3-1-8(2-4-9)11-5-12(11)13(18)17-10-6-15-16-7-10/h1-4,6-7,11-12H,5H2,(H,15,16)(H,17,18)/t11-,12+/m0/s1. The van der Waals surface area contributed by atoms with Crippen LogP contribution in [0, 0.1) is 5.92 Å². The molecule has 5 heteroatoms. The summed E-state index contributed by atoms with van der Waals surface area (Å²) in [6, 6.07) is 7.69. The average Bonchev–Trinajstić information content (AvgIpc) is 3.01. The van der Waals surface area contributed by atoms with Gasteiger partial charge in [0.05, 0.1) is 11.9 Å². The van der Waals surface area contributed by atoms with Crippen molar-refractivity contribution in [2.45, 2.75) is 12.3 Å². The fourth-order valence-electron chi connectivity index (χ4n) is 2.12. The minimum Gasteiger partial charge on any atom is -0.323 e. The molecule has 0 bridgehead atoms. The topological polar surface area (TPSA) is 57.8 Å². The van der Waals surface area contributed by atoms with Gasteiger partial charge in [0.25, 0.3) is 0 Å². The van der Waals surface area contributed by atoms with Crippen LogP contribution in [0.4, 0.5) is 5.69 Å². The van der Waals surface area contributed by atoms with Crippen molar-refractivity contribution >= 4 is 23.2 Å². The summed E-state index contributed by atoms with van der Waals surface area (Å²) in [4.78, 5) is 11.9. The number of aromatic nitrogens is 2. The molecule has 18 heavy (non-hydrogen) atoms. The quantitative estimate of drug-likeness (QED) is 0.893. The van der Waals surface area contributed by atoms with E-state index in [0.29, 0.717) is 11.6 Å². The van der Waals surface area contributed by atoms with E-state index in [1.54, 1.807) is 12.4 Å². The van der Waals surface area contributed by atoms with Crippen molar-refractivity contribution < 1.29 is 4.79 Å². The number of nitrogens with one attached hydrogen (secondary N) is 2. The van der Waals surface area contributed by atoms with Crippen molar-refractivity contribution in [1.82, 2.24) is 10.2 Å². The molecule has 1 aliphatic rings. The lowest BCUT2D eigenvalue weighted by Crippen LogP contribution is -2.14. The Labute approximate surface area is 109 Å². The molecule has 0 saturated heterocycles. The molecule has 2 aromatic rings. The Hall–Kier alpha value is -1.81. The molecule has 0 spiro atoms. The van der Waals surface area contributed by atoms with Gasteiger partial charge in [-0.3, -0.25) is 9.89 Å². The van der Waals surface area contributed by atoms with Gasteiger partial charge in [0.1, 0.15) is 0 Å². The van der Waals surface area contributed by atoms with Gasteiger partial charge in [0, 0.05) is 17.1 Å². The second-order valence-corrected chi connectivity index (χ2v) is 4.91. The number of aromatic amines is 1. The third-order valence-electron chi connectivity index (χ3n) is 3.19. The molecule has 1 saturated carbocycles. The fourth-order valence-corrected chi connectivity index (χ4v) is 2.24. The van der Waals surface area contributed by atoms with E-state index in [1.807, 2.05) is 24.3 Å².